The summed E-state index contributed by atoms with van der Waals surface area (Å²) in [5.74, 6) is -0.370. The molecule has 0 radical (unpaired) electrons. The fourth-order valence-electron chi connectivity index (χ4n) is 2.56. The van der Waals surface area contributed by atoms with E-state index in [1.54, 1.807) is 23.1 Å². The third kappa shape index (κ3) is 4.29. The Hall–Kier alpha value is -1.91. The molecule has 4 nitrogen and oxygen atoms in total. The molecule has 1 saturated heterocycles. The van der Waals surface area contributed by atoms with Crippen molar-refractivity contribution in [2.24, 2.45) is 5.92 Å². The molecule has 1 fully saturated rings. The zero-order valence-electron chi connectivity index (χ0n) is 13.1. The molecule has 0 saturated carbocycles. The quantitative estimate of drug-likeness (QED) is 0.926. The highest BCUT2D eigenvalue weighted by molar-refractivity contribution is 5.79. The Morgan fingerprint density at radius 2 is 1.91 bits per heavy atom. The van der Waals surface area contributed by atoms with Crippen LogP contribution in [0.4, 0.5) is 4.39 Å². The van der Waals surface area contributed by atoms with Gasteiger partial charge in [-0.2, -0.15) is 0 Å². The lowest BCUT2D eigenvalue weighted by atomic mass is 10.0. The number of nitrogens with zero attached hydrogens (tertiary/aromatic N) is 1. The second kappa shape index (κ2) is 7.38. The van der Waals surface area contributed by atoms with Crippen molar-refractivity contribution in [2.45, 2.75) is 39.2 Å². The van der Waals surface area contributed by atoms with E-state index >= 15 is 0 Å². The molecule has 1 N–H and O–H groups in total. The van der Waals surface area contributed by atoms with Crippen LogP contribution in [-0.2, 0) is 16.0 Å². The maximum Gasteiger partial charge on any atom is 0.227 e. The Balaban J connectivity index is 1.83. The molecule has 5 heteroatoms. The van der Waals surface area contributed by atoms with Crippen LogP contribution >= 0.6 is 0 Å². The number of amides is 2. The summed E-state index contributed by atoms with van der Waals surface area (Å²) >= 11 is 0. The Bertz CT molecular complexity index is 537. The summed E-state index contributed by atoms with van der Waals surface area (Å²) in [6, 6.07) is 6.50. The average Bonchev–Trinajstić information content (AvgIpc) is 2.50. The van der Waals surface area contributed by atoms with Crippen molar-refractivity contribution in [1.82, 2.24) is 10.2 Å². The van der Waals surface area contributed by atoms with Gasteiger partial charge in [-0.3, -0.25) is 9.59 Å². The van der Waals surface area contributed by atoms with E-state index in [0.29, 0.717) is 18.7 Å². The minimum Gasteiger partial charge on any atom is -0.353 e. The van der Waals surface area contributed by atoms with Crippen LogP contribution in [0.5, 0.6) is 0 Å². The van der Waals surface area contributed by atoms with Crippen molar-refractivity contribution in [3.05, 3.63) is 35.6 Å². The fourth-order valence-corrected chi connectivity index (χ4v) is 2.56. The largest absolute Gasteiger partial charge is 0.353 e. The molecule has 0 unspecified atom stereocenters. The average molecular weight is 306 g/mol. The number of carbonyl (C=O) groups excluding carboxylic acids is 2. The Morgan fingerprint density at radius 1 is 1.27 bits per heavy atom. The minimum atomic E-state index is -0.338. The molecule has 2 rings (SSSR count). The van der Waals surface area contributed by atoms with Gasteiger partial charge in [-0.15, -0.1) is 0 Å². The minimum absolute atomic E-state index is 0.0271. The lowest BCUT2D eigenvalue weighted by molar-refractivity contribution is -0.131. The summed E-state index contributed by atoms with van der Waals surface area (Å²) < 4.78 is 13.6. The number of piperidine rings is 1. The van der Waals surface area contributed by atoms with E-state index < -0.39 is 0 Å². The highest BCUT2D eigenvalue weighted by atomic mass is 19.1. The SMILES string of the molecule is CC(C)C(=O)NC1CCN(C(=O)Cc2ccccc2F)CC1. The van der Waals surface area contributed by atoms with Gasteiger partial charge in [-0.1, -0.05) is 32.0 Å². The van der Waals surface area contributed by atoms with Gasteiger partial charge in [-0.05, 0) is 24.5 Å². The summed E-state index contributed by atoms with van der Waals surface area (Å²) in [6.07, 6.45) is 1.60. The van der Waals surface area contributed by atoms with Crippen molar-refractivity contribution in [2.75, 3.05) is 13.1 Å². The molecule has 120 valence electrons. The molecule has 0 bridgehead atoms. The highest BCUT2D eigenvalue weighted by Crippen LogP contribution is 2.14. The third-order valence-electron chi connectivity index (χ3n) is 4.02. The molecule has 0 aromatic heterocycles. The van der Waals surface area contributed by atoms with Crippen molar-refractivity contribution in [1.29, 1.82) is 0 Å². The standard InChI is InChI=1S/C17H23FN2O2/c1-12(2)17(22)19-14-7-9-20(10-8-14)16(21)11-13-5-3-4-6-15(13)18/h3-6,12,14H,7-11H2,1-2H3,(H,19,22). The number of likely N-dealkylation sites (tertiary alicyclic amines) is 1. The van der Waals surface area contributed by atoms with E-state index in [4.69, 9.17) is 0 Å². The first-order valence-corrected chi connectivity index (χ1v) is 7.79. The van der Waals surface area contributed by atoms with Crippen LogP contribution < -0.4 is 5.32 Å². The molecule has 0 aliphatic carbocycles. The lowest BCUT2D eigenvalue weighted by Gasteiger charge is -2.32. The van der Waals surface area contributed by atoms with Gasteiger partial charge in [0.1, 0.15) is 5.82 Å². The Morgan fingerprint density at radius 3 is 2.50 bits per heavy atom. The Kier molecular flexibility index (Phi) is 5.52. The van der Waals surface area contributed by atoms with E-state index in [1.807, 2.05) is 13.8 Å². The van der Waals surface area contributed by atoms with Gasteiger partial charge < -0.3 is 10.2 Å². The molecular formula is C17H23FN2O2. The first kappa shape index (κ1) is 16.5. The van der Waals surface area contributed by atoms with Gasteiger partial charge in [-0.25, -0.2) is 4.39 Å². The molecule has 1 aromatic carbocycles. The van der Waals surface area contributed by atoms with Crippen LogP contribution in [-0.4, -0.2) is 35.8 Å². The number of nitrogens with one attached hydrogen (secondary N) is 1. The molecular weight excluding hydrogens is 283 g/mol. The summed E-state index contributed by atoms with van der Waals surface area (Å²) in [6.45, 7) is 4.94. The van der Waals surface area contributed by atoms with Crippen molar-refractivity contribution >= 4 is 11.8 Å². The van der Waals surface area contributed by atoms with Crippen molar-refractivity contribution in [3.63, 3.8) is 0 Å². The maximum absolute atomic E-state index is 13.6. The van der Waals surface area contributed by atoms with Crippen LogP contribution in [0.1, 0.15) is 32.3 Å². The zero-order chi connectivity index (χ0) is 16.1. The summed E-state index contributed by atoms with van der Waals surface area (Å²) in [4.78, 5) is 25.7. The smallest absolute Gasteiger partial charge is 0.227 e. The first-order valence-electron chi connectivity index (χ1n) is 7.79. The lowest BCUT2D eigenvalue weighted by Crippen LogP contribution is -2.47. The van der Waals surface area contributed by atoms with Crippen LogP contribution in [0.2, 0.25) is 0 Å². The van der Waals surface area contributed by atoms with Gasteiger partial charge in [0.15, 0.2) is 0 Å². The second-order valence-electron chi connectivity index (χ2n) is 6.09. The molecule has 0 atom stereocenters. The van der Waals surface area contributed by atoms with E-state index in [9.17, 15) is 14.0 Å². The number of benzene rings is 1. The van der Waals surface area contributed by atoms with Gasteiger partial charge in [0.05, 0.1) is 6.42 Å². The number of carbonyl (C=O) groups is 2. The normalized spacial score (nSPS) is 15.9. The van der Waals surface area contributed by atoms with Crippen LogP contribution in [0.3, 0.4) is 0 Å². The third-order valence-corrected chi connectivity index (χ3v) is 4.02. The van der Waals surface area contributed by atoms with Crippen LogP contribution in [0.25, 0.3) is 0 Å². The van der Waals surface area contributed by atoms with E-state index in [0.717, 1.165) is 12.8 Å². The van der Waals surface area contributed by atoms with E-state index in [2.05, 4.69) is 5.32 Å². The summed E-state index contributed by atoms with van der Waals surface area (Å²) in [7, 11) is 0. The topological polar surface area (TPSA) is 49.4 Å². The highest BCUT2D eigenvalue weighted by Gasteiger charge is 2.24. The number of hydrogen-bond acceptors (Lipinski definition) is 2. The van der Waals surface area contributed by atoms with Crippen molar-refractivity contribution < 1.29 is 14.0 Å². The number of hydrogen-bond donors (Lipinski definition) is 1. The monoisotopic (exact) mass is 306 g/mol. The van der Waals surface area contributed by atoms with Gasteiger partial charge in [0.25, 0.3) is 0 Å². The molecule has 1 aliphatic heterocycles. The Labute approximate surface area is 130 Å². The first-order chi connectivity index (χ1) is 10.5. The molecule has 0 spiro atoms. The fraction of sp³-hybridized carbons (Fsp3) is 0.529. The second-order valence-corrected chi connectivity index (χ2v) is 6.09. The predicted molar refractivity (Wildman–Crippen MR) is 82.7 cm³/mol. The molecule has 22 heavy (non-hydrogen) atoms. The van der Waals surface area contributed by atoms with Gasteiger partial charge in [0.2, 0.25) is 11.8 Å². The predicted octanol–water partition coefficient (Wildman–Crippen LogP) is 2.13. The van der Waals surface area contributed by atoms with Crippen molar-refractivity contribution in [3.8, 4) is 0 Å². The summed E-state index contributed by atoms with van der Waals surface area (Å²) in [5.41, 5.74) is 0.433. The van der Waals surface area contributed by atoms with Crippen LogP contribution in [0.15, 0.2) is 24.3 Å². The van der Waals surface area contributed by atoms with Crippen LogP contribution in [0, 0.1) is 11.7 Å². The van der Waals surface area contributed by atoms with Gasteiger partial charge >= 0.3 is 0 Å². The van der Waals surface area contributed by atoms with E-state index in [1.165, 1.54) is 6.07 Å². The maximum atomic E-state index is 13.6. The zero-order valence-corrected chi connectivity index (χ0v) is 13.1. The molecule has 1 aromatic rings. The molecule has 1 heterocycles. The number of rotatable bonds is 4. The molecule has 2 amide bonds. The molecule has 1 aliphatic rings. The summed E-state index contributed by atoms with van der Waals surface area (Å²) in [5, 5.41) is 3.00. The number of halogens is 1. The van der Waals surface area contributed by atoms with E-state index in [-0.39, 0.29) is 36.0 Å². The van der Waals surface area contributed by atoms with Gasteiger partial charge in [0, 0.05) is 25.0 Å².